The largest absolute Gasteiger partial charge is 0.309 e. The lowest BCUT2D eigenvalue weighted by Gasteiger charge is -2.14. The Labute approximate surface area is 115 Å². The van der Waals surface area contributed by atoms with Crippen molar-refractivity contribution in [3.63, 3.8) is 0 Å². The summed E-state index contributed by atoms with van der Waals surface area (Å²) in [7, 11) is 0. The molecule has 0 spiro atoms. The van der Waals surface area contributed by atoms with Crippen LogP contribution >= 0.6 is 11.3 Å². The molecule has 1 aromatic heterocycles. The van der Waals surface area contributed by atoms with E-state index in [1.54, 1.807) is 10.4 Å². The molecule has 1 nitrogen and oxygen atoms in total. The van der Waals surface area contributed by atoms with E-state index in [1.165, 1.54) is 37.0 Å². The number of terminal acetylenes is 1. The Morgan fingerprint density at radius 2 is 2.22 bits per heavy atom. The third-order valence-corrected chi connectivity index (χ3v) is 4.99. The van der Waals surface area contributed by atoms with Crippen LogP contribution < -0.4 is 5.32 Å². The van der Waals surface area contributed by atoms with Crippen molar-refractivity contribution in [1.29, 1.82) is 0 Å². The zero-order chi connectivity index (χ0) is 12.8. The SMILES string of the molecule is C#CCCC(NCC)c1cc2c(s1)CCCCC2. The van der Waals surface area contributed by atoms with Crippen LogP contribution in [0.5, 0.6) is 0 Å². The molecule has 0 aliphatic heterocycles. The van der Waals surface area contributed by atoms with E-state index in [9.17, 15) is 0 Å². The molecule has 1 aliphatic rings. The van der Waals surface area contributed by atoms with Gasteiger partial charge in [0.05, 0.1) is 0 Å². The number of thiophene rings is 1. The molecule has 2 heteroatoms. The average molecular weight is 261 g/mol. The summed E-state index contributed by atoms with van der Waals surface area (Å²) in [6.45, 7) is 3.18. The highest BCUT2D eigenvalue weighted by molar-refractivity contribution is 7.12. The van der Waals surface area contributed by atoms with E-state index in [4.69, 9.17) is 6.42 Å². The Kier molecular flexibility index (Phi) is 5.28. The van der Waals surface area contributed by atoms with E-state index in [0.717, 1.165) is 19.4 Å². The van der Waals surface area contributed by atoms with Crippen molar-refractivity contribution in [3.05, 3.63) is 21.4 Å². The van der Waals surface area contributed by atoms with Crippen molar-refractivity contribution >= 4 is 11.3 Å². The normalized spacial score (nSPS) is 16.7. The lowest BCUT2D eigenvalue weighted by atomic mass is 10.1. The molecule has 18 heavy (non-hydrogen) atoms. The standard InChI is InChI=1S/C16H23NS/c1-3-5-10-14(17-4-2)16-12-13-9-7-6-8-11-15(13)18-16/h1,12,14,17H,4-11H2,2H3. The Morgan fingerprint density at radius 1 is 1.39 bits per heavy atom. The summed E-state index contributed by atoms with van der Waals surface area (Å²) in [6, 6.07) is 2.90. The fraction of sp³-hybridized carbons (Fsp3) is 0.625. The maximum absolute atomic E-state index is 5.39. The highest BCUT2D eigenvalue weighted by atomic mass is 32.1. The molecule has 1 atom stereocenters. The lowest BCUT2D eigenvalue weighted by molar-refractivity contribution is 0.530. The molecule has 0 radical (unpaired) electrons. The van der Waals surface area contributed by atoms with Crippen LogP contribution in [0, 0.1) is 12.3 Å². The Bertz CT molecular complexity index is 390. The Balaban J connectivity index is 2.12. The number of nitrogens with one attached hydrogen (secondary N) is 1. The van der Waals surface area contributed by atoms with Crippen molar-refractivity contribution in [2.45, 2.75) is 57.9 Å². The molecule has 0 bridgehead atoms. The van der Waals surface area contributed by atoms with Crippen LogP contribution in [0.3, 0.4) is 0 Å². The van der Waals surface area contributed by atoms with Crippen LogP contribution in [-0.2, 0) is 12.8 Å². The molecular formula is C16H23NS. The third-order valence-electron chi connectivity index (χ3n) is 3.64. The van der Waals surface area contributed by atoms with Crippen molar-refractivity contribution in [3.8, 4) is 12.3 Å². The summed E-state index contributed by atoms with van der Waals surface area (Å²) in [4.78, 5) is 3.13. The highest BCUT2D eigenvalue weighted by Crippen LogP contribution is 2.33. The summed E-state index contributed by atoms with van der Waals surface area (Å²) < 4.78 is 0. The molecule has 98 valence electrons. The number of hydrogen-bond acceptors (Lipinski definition) is 2. The van der Waals surface area contributed by atoms with E-state index in [1.807, 2.05) is 11.3 Å². The number of fused-ring (bicyclic) bond motifs is 1. The first-order valence-corrected chi connectivity index (χ1v) is 7.95. The first-order chi connectivity index (χ1) is 8.85. The first-order valence-electron chi connectivity index (χ1n) is 7.13. The predicted octanol–water partition coefficient (Wildman–Crippen LogP) is 4.08. The monoisotopic (exact) mass is 261 g/mol. The Hall–Kier alpha value is -0.780. The molecule has 1 heterocycles. The van der Waals surface area contributed by atoms with E-state index in [2.05, 4.69) is 24.2 Å². The summed E-state index contributed by atoms with van der Waals surface area (Å²) >= 11 is 2.02. The summed E-state index contributed by atoms with van der Waals surface area (Å²) in [5.41, 5.74) is 1.61. The van der Waals surface area contributed by atoms with Crippen molar-refractivity contribution in [1.82, 2.24) is 5.32 Å². The van der Waals surface area contributed by atoms with E-state index >= 15 is 0 Å². The molecule has 0 fully saturated rings. The van der Waals surface area contributed by atoms with Gasteiger partial charge in [-0.05, 0) is 50.3 Å². The second-order valence-corrected chi connectivity index (χ2v) is 6.18. The van der Waals surface area contributed by atoms with Gasteiger partial charge >= 0.3 is 0 Å². The molecule has 1 N–H and O–H groups in total. The minimum absolute atomic E-state index is 0.461. The summed E-state index contributed by atoms with van der Waals surface area (Å²) in [6.07, 6.45) is 14.0. The molecule has 0 saturated carbocycles. The van der Waals surface area contributed by atoms with Crippen LogP contribution in [0.2, 0.25) is 0 Å². The van der Waals surface area contributed by atoms with Crippen molar-refractivity contribution in [2.24, 2.45) is 0 Å². The van der Waals surface area contributed by atoms with Gasteiger partial charge in [0.15, 0.2) is 0 Å². The topological polar surface area (TPSA) is 12.0 Å². The van der Waals surface area contributed by atoms with E-state index in [0.29, 0.717) is 6.04 Å². The van der Waals surface area contributed by atoms with Crippen LogP contribution in [-0.4, -0.2) is 6.54 Å². The third kappa shape index (κ3) is 3.37. The second kappa shape index (κ2) is 6.97. The van der Waals surface area contributed by atoms with Gasteiger partial charge in [0.2, 0.25) is 0 Å². The van der Waals surface area contributed by atoms with Crippen LogP contribution in [0.1, 0.15) is 60.4 Å². The lowest BCUT2D eigenvalue weighted by Crippen LogP contribution is -2.19. The molecule has 0 saturated heterocycles. The maximum Gasteiger partial charge on any atom is 0.0424 e. The van der Waals surface area contributed by atoms with Crippen LogP contribution in [0.4, 0.5) is 0 Å². The molecule has 0 amide bonds. The van der Waals surface area contributed by atoms with Gasteiger partial charge in [-0.3, -0.25) is 0 Å². The van der Waals surface area contributed by atoms with Crippen molar-refractivity contribution in [2.75, 3.05) is 6.54 Å². The number of hydrogen-bond donors (Lipinski definition) is 1. The van der Waals surface area contributed by atoms with Crippen molar-refractivity contribution < 1.29 is 0 Å². The maximum atomic E-state index is 5.39. The molecule has 1 unspecified atom stereocenters. The number of rotatable bonds is 5. The number of aryl methyl sites for hydroxylation is 2. The van der Waals surface area contributed by atoms with E-state index < -0.39 is 0 Å². The van der Waals surface area contributed by atoms with Gasteiger partial charge in [-0.2, -0.15) is 0 Å². The summed E-state index contributed by atoms with van der Waals surface area (Å²) in [5.74, 6) is 2.76. The zero-order valence-corrected chi connectivity index (χ0v) is 12.1. The van der Waals surface area contributed by atoms with Gasteiger partial charge in [-0.25, -0.2) is 0 Å². The fourth-order valence-corrected chi connectivity index (χ4v) is 4.05. The highest BCUT2D eigenvalue weighted by Gasteiger charge is 2.17. The van der Waals surface area contributed by atoms with E-state index in [-0.39, 0.29) is 0 Å². The molecule has 2 rings (SSSR count). The Morgan fingerprint density at radius 3 is 3.00 bits per heavy atom. The van der Waals surface area contributed by atoms with Gasteiger partial charge in [-0.15, -0.1) is 23.7 Å². The van der Waals surface area contributed by atoms with Gasteiger partial charge < -0.3 is 5.32 Å². The molecular weight excluding hydrogens is 238 g/mol. The van der Waals surface area contributed by atoms with Crippen LogP contribution in [0.15, 0.2) is 6.07 Å². The van der Waals surface area contributed by atoms with Gasteiger partial charge in [-0.1, -0.05) is 13.3 Å². The molecule has 0 aromatic carbocycles. The molecule has 1 aromatic rings. The van der Waals surface area contributed by atoms with Crippen LogP contribution in [0.25, 0.3) is 0 Å². The minimum atomic E-state index is 0.461. The zero-order valence-electron chi connectivity index (χ0n) is 11.3. The average Bonchev–Trinajstić information content (AvgIpc) is 2.66. The second-order valence-electron chi connectivity index (χ2n) is 5.01. The fourth-order valence-electron chi connectivity index (χ4n) is 2.68. The molecule has 1 aliphatic carbocycles. The minimum Gasteiger partial charge on any atom is -0.309 e. The quantitative estimate of drug-likeness (QED) is 0.622. The first kappa shape index (κ1) is 13.6. The smallest absolute Gasteiger partial charge is 0.0424 e. The summed E-state index contributed by atoms with van der Waals surface area (Å²) in [5, 5.41) is 3.57. The van der Waals surface area contributed by atoms with Gasteiger partial charge in [0.25, 0.3) is 0 Å². The van der Waals surface area contributed by atoms with Gasteiger partial charge in [0, 0.05) is 22.2 Å². The predicted molar refractivity (Wildman–Crippen MR) is 80.1 cm³/mol. The van der Waals surface area contributed by atoms with Gasteiger partial charge in [0.1, 0.15) is 0 Å².